The highest BCUT2D eigenvalue weighted by molar-refractivity contribution is 5.53. The number of hydrogen-bond donors (Lipinski definition) is 1. The van der Waals surface area contributed by atoms with Gasteiger partial charge in [0.15, 0.2) is 0 Å². The van der Waals surface area contributed by atoms with Gasteiger partial charge in [-0.1, -0.05) is 25.1 Å². The van der Waals surface area contributed by atoms with E-state index in [0.29, 0.717) is 17.8 Å². The van der Waals surface area contributed by atoms with E-state index in [1.165, 1.54) is 0 Å². The summed E-state index contributed by atoms with van der Waals surface area (Å²) in [5, 5.41) is 7.52. The Morgan fingerprint density at radius 3 is 2.90 bits per heavy atom. The minimum Gasteiger partial charge on any atom is -0.339 e. The predicted octanol–water partition coefficient (Wildman–Crippen LogP) is 2.76. The van der Waals surface area contributed by atoms with Crippen LogP contribution in [-0.2, 0) is 6.42 Å². The predicted molar refractivity (Wildman–Crippen MR) is 78.3 cm³/mol. The number of hydrogen-bond acceptors (Lipinski definition) is 5. The van der Waals surface area contributed by atoms with E-state index in [9.17, 15) is 0 Å². The Bertz CT molecular complexity index is 538. The largest absolute Gasteiger partial charge is 0.339 e. The first-order chi connectivity index (χ1) is 9.74. The van der Waals surface area contributed by atoms with Crippen LogP contribution >= 0.6 is 0 Å². The van der Waals surface area contributed by atoms with Gasteiger partial charge in [0.1, 0.15) is 5.69 Å². The first-order valence-corrected chi connectivity index (χ1v) is 7.22. The fourth-order valence-corrected chi connectivity index (χ4v) is 2.07. The molecule has 2 aromatic heterocycles. The van der Waals surface area contributed by atoms with Crippen molar-refractivity contribution in [3.05, 3.63) is 29.8 Å². The zero-order valence-corrected chi connectivity index (χ0v) is 12.4. The Morgan fingerprint density at radius 1 is 1.35 bits per heavy atom. The zero-order chi connectivity index (χ0) is 14.4. The van der Waals surface area contributed by atoms with E-state index in [1.54, 1.807) is 6.20 Å². The van der Waals surface area contributed by atoms with Gasteiger partial charge < -0.3 is 9.84 Å². The maximum Gasteiger partial charge on any atom is 0.228 e. The molecule has 1 N–H and O–H groups in total. The maximum absolute atomic E-state index is 5.35. The van der Waals surface area contributed by atoms with Crippen LogP contribution in [0.25, 0.3) is 11.5 Å². The summed E-state index contributed by atoms with van der Waals surface area (Å²) in [6.07, 6.45) is 4.67. The van der Waals surface area contributed by atoms with Gasteiger partial charge in [-0.3, -0.25) is 4.98 Å². The molecule has 0 spiro atoms. The number of aromatic nitrogens is 3. The molecule has 1 unspecified atom stereocenters. The lowest BCUT2D eigenvalue weighted by atomic mass is 10.1. The van der Waals surface area contributed by atoms with Gasteiger partial charge in [-0.15, -0.1) is 0 Å². The molecule has 0 bridgehead atoms. The van der Waals surface area contributed by atoms with Crippen LogP contribution in [0, 0.1) is 6.92 Å². The topological polar surface area (TPSA) is 63.8 Å². The molecule has 5 heteroatoms. The van der Waals surface area contributed by atoms with E-state index < -0.39 is 0 Å². The molecule has 2 heterocycles. The van der Waals surface area contributed by atoms with Crippen molar-refractivity contribution in [3.63, 3.8) is 0 Å². The Labute approximate surface area is 119 Å². The Kier molecular flexibility index (Phi) is 5.24. The van der Waals surface area contributed by atoms with E-state index >= 15 is 0 Å². The molecule has 0 saturated carbocycles. The summed E-state index contributed by atoms with van der Waals surface area (Å²) in [6, 6.07) is 4.28. The van der Waals surface area contributed by atoms with Crippen molar-refractivity contribution in [1.29, 1.82) is 0 Å². The number of rotatable bonds is 7. The standard InChI is InChI=1S/C15H22N4O/c1-4-8-16-12(5-2)10-13-18-15(19-20-13)14-11(3)7-6-9-17-14/h6-7,9,12,16H,4-5,8,10H2,1-3H3. The number of nitrogens with zero attached hydrogens (tertiary/aromatic N) is 3. The Balaban J connectivity index is 2.07. The van der Waals surface area contributed by atoms with E-state index in [0.717, 1.165) is 37.1 Å². The van der Waals surface area contributed by atoms with Crippen molar-refractivity contribution in [2.75, 3.05) is 6.54 Å². The van der Waals surface area contributed by atoms with E-state index in [1.807, 2.05) is 19.1 Å². The smallest absolute Gasteiger partial charge is 0.228 e. The number of aryl methyl sites for hydroxylation is 1. The third-order valence-corrected chi connectivity index (χ3v) is 3.29. The Hall–Kier alpha value is -1.75. The van der Waals surface area contributed by atoms with E-state index in [-0.39, 0.29) is 0 Å². The van der Waals surface area contributed by atoms with E-state index in [4.69, 9.17) is 4.52 Å². The summed E-state index contributed by atoms with van der Waals surface area (Å²) in [5.74, 6) is 1.24. The summed E-state index contributed by atoms with van der Waals surface area (Å²) in [6.45, 7) is 7.33. The van der Waals surface area contributed by atoms with Gasteiger partial charge in [0.05, 0.1) is 0 Å². The summed E-state index contributed by atoms with van der Waals surface area (Å²) < 4.78 is 5.35. The molecule has 2 rings (SSSR count). The third-order valence-electron chi connectivity index (χ3n) is 3.29. The number of nitrogens with one attached hydrogen (secondary N) is 1. The molecule has 20 heavy (non-hydrogen) atoms. The minimum atomic E-state index is 0.382. The maximum atomic E-state index is 5.35. The van der Waals surface area contributed by atoms with Crippen LogP contribution in [-0.4, -0.2) is 27.7 Å². The molecule has 5 nitrogen and oxygen atoms in total. The van der Waals surface area contributed by atoms with Gasteiger partial charge in [-0.2, -0.15) is 4.98 Å². The average molecular weight is 274 g/mol. The second kappa shape index (κ2) is 7.14. The van der Waals surface area contributed by atoms with Gasteiger partial charge >= 0.3 is 0 Å². The second-order valence-corrected chi connectivity index (χ2v) is 4.94. The molecule has 0 saturated heterocycles. The summed E-state index contributed by atoms with van der Waals surface area (Å²) >= 11 is 0. The van der Waals surface area contributed by atoms with Crippen molar-refractivity contribution in [2.24, 2.45) is 0 Å². The van der Waals surface area contributed by atoms with Gasteiger partial charge in [-0.25, -0.2) is 0 Å². The van der Waals surface area contributed by atoms with Gasteiger partial charge in [0.25, 0.3) is 0 Å². The normalized spacial score (nSPS) is 12.6. The van der Waals surface area contributed by atoms with Crippen molar-refractivity contribution in [3.8, 4) is 11.5 Å². The van der Waals surface area contributed by atoms with Crippen molar-refractivity contribution in [2.45, 2.75) is 46.1 Å². The molecule has 0 aliphatic rings. The molecule has 1 atom stereocenters. The average Bonchev–Trinajstić information content (AvgIpc) is 2.92. The second-order valence-electron chi connectivity index (χ2n) is 4.94. The lowest BCUT2D eigenvalue weighted by Gasteiger charge is -2.13. The van der Waals surface area contributed by atoms with Crippen LogP contribution in [0.1, 0.15) is 38.1 Å². The molecule has 108 valence electrons. The highest BCUT2D eigenvalue weighted by Gasteiger charge is 2.15. The minimum absolute atomic E-state index is 0.382. The van der Waals surface area contributed by atoms with Crippen LogP contribution < -0.4 is 5.32 Å². The van der Waals surface area contributed by atoms with Crippen LogP contribution in [0.2, 0.25) is 0 Å². The zero-order valence-electron chi connectivity index (χ0n) is 12.4. The Morgan fingerprint density at radius 2 is 2.20 bits per heavy atom. The summed E-state index contributed by atoms with van der Waals surface area (Å²) in [5.41, 5.74) is 1.84. The van der Waals surface area contributed by atoms with Crippen molar-refractivity contribution >= 4 is 0 Å². The van der Waals surface area contributed by atoms with Crippen LogP contribution in [0.4, 0.5) is 0 Å². The van der Waals surface area contributed by atoms with Gasteiger partial charge in [0.2, 0.25) is 11.7 Å². The van der Waals surface area contributed by atoms with Gasteiger partial charge in [-0.05, 0) is 37.9 Å². The monoisotopic (exact) mass is 274 g/mol. The fourth-order valence-electron chi connectivity index (χ4n) is 2.07. The molecular formula is C15H22N4O. The lowest BCUT2D eigenvalue weighted by molar-refractivity contribution is 0.354. The highest BCUT2D eigenvalue weighted by Crippen LogP contribution is 2.17. The molecule has 0 aromatic carbocycles. The van der Waals surface area contributed by atoms with Crippen LogP contribution in [0.3, 0.4) is 0 Å². The molecule has 0 aliphatic carbocycles. The molecular weight excluding hydrogens is 252 g/mol. The SMILES string of the molecule is CCCNC(CC)Cc1nc(-c2ncccc2C)no1. The number of pyridine rings is 1. The summed E-state index contributed by atoms with van der Waals surface area (Å²) in [7, 11) is 0. The molecule has 0 radical (unpaired) electrons. The quantitative estimate of drug-likeness (QED) is 0.841. The third kappa shape index (κ3) is 3.63. The molecule has 0 amide bonds. The molecule has 0 fully saturated rings. The fraction of sp³-hybridized carbons (Fsp3) is 0.533. The van der Waals surface area contributed by atoms with Gasteiger partial charge in [0, 0.05) is 18.7 Å². The van der Waals surface area contributed by atoms with Crippen LogP contribution in [0.5, 0.6) is 0 Å². The first-order valence-electron chi connectivity index (χ1n) is 7.22. The molecule has 0 aliphatic heterocycles. The summed E-state index contributed by atoms with van der Waals surface area (Å²) in [4.78, 5) is 8.77. The van der Waals surface area contributed by atoms with Crippen molar-refractivity contribution in [1.82, 2.24) is 20.4 Å². The van der Waals surface area contributed by atoms with Crippen molar-refractivity contribution < 1.29 is 4.52 Å². The van der Waals surface area contributed by atoms with Crippen LogP contribution in [0.15, 0.2) is 22.9 Å². The lowest BCUT2D eigenvalue weighted by Crippen LogP contribution is -2.31. The van der Waals surface area contributed by atoms with E-state index in [2.05, 4.69) is 34.3 Å². The molecule has 2 aromatic rings. The first kappa shape index (κ1) is 14.7. The highest BCUT2D eigenvalue weighted by atomic mass is 16.5.